The third kappa shape index (κ3) is 6.55. The predicted molar refractivity (Wildman–Crippen MR) is 85.4 cm³/mol. The summed E-state index contributed by atoms with van der Waals surface area (Å²) in [6.45, 7) is 6.64. The van der Waals surface area contributed by atoms with E-state index in [0.717, 1.165) is 45.1 Å². The number of hydrogen-bond acceptors (Lipinski definition) is 3. The minimum absolute atomic E-state index is 0.304. The Bertz CT molecular complexity index is 330. The highest BCUT2D eigenvalue weighted by Gasteiger charge is 2.23. The zero-order valence-corrected chi connectivity index (χ0v) is 14.1. The monoisotopic (exact) mass is 304 g/mol. The molecule has 1 unspecified atom stereocenters. The summed E-state index contributed by atoms with van der Waals surface area (Å²) in [5.41, 5.74) is 0. The molecule has 1 heterocycles. The van der Waals surface area contributed by atoms with E-state index in [-0.39, 0.29) is 0 Å². The molecule has 0 spiro atoms. The van der Waals surface area contributed by atoms with Gasteiger partial charge in [0.2, 0.25) is 10.0 Å². The summed E-state index contributed by atoms with van der Waals surface area (Å²) in [4.78, 5) is 0. The maximum absolute atomic E-state index is 12.5. The van der Waals surface area contributed by atoms with Crippen LogP contribution in [-0.2, 0) is 10.0 Å². The van der Waals surface area contributed by atoms with Gasteiger partial charge in [-0.15, -0.1) is 0 Å². The van der Waals surface area contributed by atoms with Crippen LogP contribution >= 0.6 is 0 Å². The Morgan fingerprint density at radius 2 is 1.75 bits per heavy atom. The van der Waals surface area contributed by atoms with Gasteiger partial charge in [-0.2, -0.15) is 0 Å². The molecule has 4 nitrogen and oxygen atoms in total. The molecule has 0 aromatic rings. The van der Waals surface area contributed by atoms with Crippen LogP contribution in [0, 0.1) is 0 Å². The summed E-state index contributed by atoms with van der Waals surface area (Å²) >= 11 is 0. The minimum atomic E-state index is -3.07. The molecule has 0 radical (unpaired) electrons. The van der Waals surface area contributed by atoms with Crippen molar-refractivity contribution in [3.63, 3.8) is 0 Å². The fourth-order valence-electron chi connectivity index (χ4n) is 2.65. The van der Waals surface area contributed by atoms with Crippen LogP contribution in [0.1, 0.15) is 65.2 Å². The van der Waals surface area contributed by atoms with Gasteiger partial charge in [-0.25, -0.2) is 12.7 Å². The fraction of sp³-hybridized carbons (Fsp3) is 1.00. The van der Waals surface area contributed by atoms with Gasteiger partial charge in [0.15, 0.2) is 0 Å². The second-order valence-electron chi connectivity index (χ2n) is 5.86. The molecular formula is C15H32N2O2S. The topological polar surface area (TPSA) is 49.4 Å². The van der Waals surface area contributed by atoms with Crippen molar-refractivity contribution in [2.45, 2.75) is 71.3 Å². The lowest BCUT2D eigenvalue weighted by Gasteiger charge is -2.26. The molecule has 120 valence electrons. The summed E-state index contributed by atoms with van der Waals surface area (Å²) in [5.74, 6) is 0.304. The molecular weight excluding hydrogens is 272 g/mol. The van der Waals surface area contributed by atoms with E-state index in [9.17, 15) is 8.42 Å². The Hall–Kier alpha value is -0.130. The lowest BCUT2D eigenvalue weighted by atomic mass is 10.0. The lowest BCUT2D eigenvalue weighted by Crippen LogP contribution is -2.39. The van der Waals surface area contributed by atoms with Crippen LogP contribution < -0.4 is 5.32 Å². The van der Waals surface area contributed by atoms with Crippen molar-refractivity contribution in [3.05, 3.63) is 0 Å². The van der Waals surface area contributed by atoms with Gasteiger partial charge in [0.25, 0.3) is 0 Å². The number of rotatable bonds is 10. The van der Waals surface area contributed by atoms with Gasteiger partial charge >= 0.3 is 0 Å². The van der Waals surface area contributed by atoms with E-state index >= 15 is 0 Å². The number of unbranched alkanes of at least 4 members (excludes halogenated alkanes) is 2. The van der Waals surface area contributed by atoms with E-state index in [1.807, 2.05) is 0 Å². The second kappa shape index (κ2) is 9.74. The first kappa shape index (κ1) is 17.9. The molecule has 1 rings (SSSR count). The summed E-state index contributed by atoms with van der Waals surface area (Å²) in [6.07, 6.45) is 8.35. The average Bonchev–Trinajstić information content (AvgIpc) is 2.46. The molecule has 1 fully saturated rings. The number of sulfonamides is 1. The molecule has 0 aromatic heterocycles. The van der Waals surface area contributed by atoms with Gasteiger partial charge in [-0.3, -0.25) is 0 Å². The molecule has 1 aliphatic rings. The summed E-state index contributed by atoms with van der Waals surface area (Å²) in [5, 5.41) is 3.43. The third-order valence-corrected chi connectivity index (χ3v) is 5.96. The Kier molecular flexibility index (Phi) is 8.73. The van der Waals surface area contributed by atoms with E-state index in [1.54, 1.807) is 4.31 Å². The largest absolute Gasteiger partial charge is 0.314 e. The Morgan fingerprint density at radius 1 is 1.10 bits per heavy atom. The first-order chi connectivity index (χ1) is 9.60. The number of nitrogens with zero attached hydrogens (tertiary/aromatic N) is 1. The molecule has 1 aliphatic heterocycles. The molecule has 0 amide bonds. The van der Waals surface area contributed by atoms with Crippen LogP contribution in [0.4, 0.5) is 0 Å². The number of nitrogens with one attached hydrogen (secondary N) is 1. The van der Waals surface area contributed by atoms with E-state index in [0.29, 0.717) is 24.9 Å². The van der Waals surface area contributed by atoms with Crippen molar-refractivity contribution in [2.24, 2.45) is 0 Å². The van der Waals surface area contributed by atoms with E-state index in [4.69, 9.17) is 0 Å². The fourth-order valence-corrected chi connectivity index (χ4v) is 4.30. The van der Waals surface area contributed by atoms with Crippen LogP contribution in [-0.4, -0.2) is 44.2 Å². The highest BCUT2D eigenvalue weighted by Crippen LogP contribution is 2.14. The van der Waals surface area contributed by atoms with Crippen molar-refractivity contribution in [3.8, 4) is 0 Å². The lowest BCUT2D eigenvalue weighted by molar-refractivity contribution is 0.376. The van der Waals surface area contributed by atoms with Crippen LogP contribution in [0.15, 0.2) is 0 Å². The second-order valence-corrected chi connectivity index (χ2v) is 7.95. The van der Waals surface area contributed by atoms with Crippen LogP contribution in [0.5, 0.6) is 0 Å². The molecule has 1 saturated heterocycles. The van der Waals surface area contributed by atoms with Crippen molar-refractivity contribution in [1.82, 2.24) is 9.62 Å². The molecule has 0 saturated carbocycles. The van der Waals surface area contributed by atoms with Crippen molar-refractivity contribution in [1.29, 1.82) is 0 Å². The van der Waals surface area contributed by atoms with E-state index < -0.39 is 10.0 Å². The first-order valence-corrected chi connectivity index (χ1v) is 9.92. The summed E-state index contributed by atoms with van der Waals surface area (Å²) < 4.78 is 26.7. The molecule has 20 heavy (non-hydrogen) atoms. The van der Waals surface area contributed by atoms with E-state index in [1.165, 1.54) is 12.8 Å². The Labute approximate surface area is 125 Å². The SMILES string of the molecule is CCCCN(CCCC)S(=O)(=O)CCC1CCCCN1. The van der Waals surface area contributed by atoms with Gasteiger partial charge in [-0.05, 0) is 38.6 Å². The smallest absolute Gasteiger partial charge is 0.214 e. The maximum Gasteiger partial charge on any atom is 0.214 e. The Balaban J connectivity index is 2.47. The van der Waals surface area contributed by atoms with Crippen molar-refractivity contribution >= 4 is 10.0 Å². The number of hydrogen-bond donors (Lipinski definition) is 1. The van der Waals surface area contributed by atoms with Gasteiger partial charge < -0.3 is 5.32 Å². The van der Waals surface area contributed by atoms with Crippen LogP contribution in [0.3, 0.4) is 0 Å². The highest BCUT2D eigenvalue weighted by atomic mass is 32.2. The zero-order valence-electron chi connectivity index (χ0n) is 13.2. The highest BCUT2D eigenvalue weighted by molar-refractivity contribution is 7.89. The van der Waals surface area contributed by atoms with Crippen molar-refractivity contribution < 1.29 is 8.42 Å². The van der Waals surface area contributed by atoms with Crippen molar-refractivity contribution in [2.75, 3.05) is 25.4 Å². The zero-order chi connectivity index (χ0) is 14.8. The van der Waals surface area contributed by atoms with Gasteiger partial charge in [0, 0.05) is 19.1 Å². The van der Waals surface area contributed by atoms with Gasteiger partial charge in [0.1, 0.15) is 0 Å². The molecule has 0 aliphatic carbocycles. The molecule has 0 bridgehead atoms. The molecule has 1 N–H and O–H groups in total. The third-order valence-electron chi connectivity index (χ3n) is 4.05. The Morgan fingerprint density at radius 3 is 2.25 bits per heavy atom. The van der Waals surface area contributed by atoms with Gasteiger partial charge in [-0.1, -0.05) is 33.1 Å². The normalized spacial score (nSPS) is 20.4. The summed E-state index contributed by atoms with van der Waals surface area (Å²) in [6, 6.07) is 0.401. The van der Waals surface area contributed by atoms with Crippen LogP contribution in [0.2, 0.25) is 0 Å². The van der Waals surface area contributed by atoms with Gasteiger partial charge in [0.05, 0.1) is 5.75 Å². The molecule has 0 aromatic carbocycles. The predicted octanol–water partition coefficient (Wildman–Crippen LogP) is 2.75. The minimum Gasteiger partial charge on any atom is -0.314 e. The standard InChI is InChI=1S/C15H32N2O2S/c1-3-5-12-17(13-6-4-2)20(18,19)14-10-15-9-7-8-11-16-15/h15-16H,3-14H2,1-2H3. The van der Waals surface area contributed by atoms with E-state index in [2.05, 4.69) is 19.2 Å². The quantitative estimate of drug-likeness (QED) is 0.675. The summed E-state index contributed by atoms with van der Waals surface area (Å²) in [7, 11) is -3.07. The molecule has 1 atom stereocenters. The maximum atomic E-state index is 12.5. The van der Waals surface area contributed by atoms with Crippen LogP contribution in [0.25, 0.3) is 0 Å². The first-order valence-electron chi connectivity index (χ1n) is 8.31. The average molecular weight is 305 g/mol. The molecule has 5 heteroatoms. The number of piperidine rings is 1.